The standard InChI is InChI=1S/C13H15Cl3/c1-8-3-2-4-10(8)13(16)11-6-5-9(14)7-12(11)15/h5-8,10,13H,2-4H2,1H3. The Kier molecular flexibility index (Phi) is 4.05. The molecule has 88 valence electrons. The molecule has 0 aromatic heterocycles. The van der Waals surface area contributed by atoms with Gasteiger partial charge in [-0.05, 0) is 36.0 Å². The molecule has 0 aliphatic heterocycles. The lowest BCUT2D eigenvalue weighted by Gasteiger charge is -2.22. The van der Waals surface area contributed by atoms with Gasteiger partial charge in [0, 0.05) is 10.0 Å². The molecule has 0 saturated heterocycles. The molecule has 0 amide bonds. The monoisotopic (exact) mass is 276 g/mol. The van der Waals surface area contributed by atoms with Gasteiger partial charge in [0.1, 0.15) is 0 Å². The van der Waals surface area contributed by atoms with E-state index in [4.69, 9.17) is 34.8 Å². The van der Waals surface area contributed by atoms with Crippen LogP contribution in [0.5, 0.6) is 0 Å². The molecule has 2 rings (SSSR count). The van der Waals surface area contributed by atoms with E-state index < -0.39 is 0 Å². The summed E-state index contributed by atoms with van der Waals surface area (Å²) in [5.41, 5.74) is 1.02. The second-order valence-electron chi connectivity index (χ2n) is 4.64. The molecule has 1 aliphatic carbocycles. The van der Waals surface area contributed by atoms with E-state index in [9.17, 15) is 0 Å². The highest BCUT2D eigenvalue weighted by atomic mass is 35.5. The van der Waals surface area contributed by atoms with Crippen LogP contribution in [0.1, 0.15) is 37.1 Å². The van der Waals surface area contributed by atoms with Gasteiger partial charge in [0.15, 0.2) is 0 Å². The van der Waals surface area contributed by atoms with Gasteiger partial charge in [-0.2, -0.15) is 0 Å². The molecule has 0 radical (unpaired) electrons. The molecular weight excluding hydrogens is 263 g/mol. The Bertz CT molecular complexity index is 375. The molecule has 1 aromatic carbocycles. The Balaban J connectivity index is 2.23. The van der Waals surface area contributed by atoms with E-state index in [2.05, 4.69) is 6.92 Å². The van der Waals surface area contributed by atoms with Crippen LogP contribution >= 0.6 is 34.8 Å². The summed E-state index contributed by atoms with van der Waals surface area (Å²) in [4.78, 5) is 0. The number of hydrogen-bond donors (Lipinski definition) is 0. The summed E-state index contributed by atoms with van der Waals surface area (Å²) in [5, 5.41) is 1.37. The highest BCUT2D eigenvalue weighted by Gasteiger charge is 2.31. The lowest BCUT2D eigenvalue weighted by molar-refractivity contribution is 0.406. The Morgan fingerprint density at radius 2 is 2.00 bits per heavy atom. The third kappa shape index (κ3) is 2.50. The molecule has 0 nitrogen and oxygen atoms in total. The predicted octanol–water partition coefficient (Wildman–Crippen LogP) is 5.71. The van der Waals surface area contributed by atoms with Crippen molar-refractivity contribution in [3.05, 3.63) is 33.8 Å². The Labute approximate surface area is 112 Å². The zero-order valence-electron chi connectivity index (χ0n) is 9.22. The second-order valence-corrected chi connectivity index (χ2v) is 5.95. The Morgan fingerprint density at radius 3 is 2.56 bits per heavy atom. The largest absolute Gasteiger partial charge is 0.117 e. The molecule has 0 spiro atoms. The first kappa shape index (κ1) is 12.5. The third-order valence-corrected chi connectivity index (χ3v) is 4.68. The minimum absolute atomic E-state index is 0.0160. The predicted molar refractivity (Wildman–Crippen MR) is 71.6 cm³/mol. The normalized spacial score (nSPS) is 27.0. The van der Waals surface area contributed by atoms with Crippen molar-refractivity contribution in [3.8, 4) is 0 Å². The van der Waals surface area contributed by atoms with Crippen molar-refractivity contribution in [1.29, 1.82) is 0 Å². The fraction of sp³-hybridized carbons (Fsp3) is 0.538. The van der Waals surface area contributed by atoms with Gasteiger partial charge in [0.2, 0.25) is 0 Å². The molecule has 3 atom stereocenters. The first-order chi connectivity index (χ1) is 7.59. The van der Waals surface area contributed by atoms with E-state index in [0.29, 0.717) is 21.9 Å². The topological polar surface area (TPSA) is 0 Å². The smallest absolute Gasteiger partial charge is 0.0630 e. The van der Waals surface area contributed by atoms with Crippen LogP contribution in [0.3, 0.4) is 0 Å². The maximum absolute atomic E-state index is 6.54. The number of alkyl halides is 1. The highest BCUT2D eigenvalue weighted by molar-refractivity contribution is 6.35. The van der Waals surface area contributed by atoms with Crippen LogP contribution in [0.4, 0.5) is 0 Å². The maximum Gasteiger partial charge on any atom is 0.0630 e. The molecule has 1 fully saturated rings. The van der Waals surface area contributed by atoms with Crippen molar-refractivity contribution in [1.82, 2.24) is 0 Å². The third-order valence-electron chi connectivity index (χ3n) is 3.56. The van der Waals surface area contributed by atoms with E-state index in [0.717, 1.165) is 5.56 Å². The minimum Gasteiger partial charge on any atom is -0.117 e. The van der Waals surface area contributed by atoms with Crippen molar-refractivity contribution in [2.75, 3.05) is 0 Å². The molecule has 0 heterocycles. The summed E-state index contributed by atoms with van der Waals surface area (Å²) in [5.74, 6) is 1.23. The Morgan fingerprint density at radius 1 is 1.25 bits per heavy atom. The molecular formula is C13H15Cl3. The summed E-state index contributed by atoms with van der Waals surface area (Å²) in [6.07, 6.45) is 3.76. The molecule has 1 saturated carbocycles. The van der Waals surface area contributed by atoms with Crippen molar-refractivity contribution >= 4 is 34.8 Å². The van der Waals surface area contributed by atoms with Crippen LogP contribution in [-0.2, 0) is 0 Å². The maximum atomic E-state index is 6.54. The van der Waals surface area contributed by atoms with Crippen molar-refractivity contribution in [3.63, 3.8) is 0 Å². The molecule has 3 heteroatoms. The number of benzene rings is 1. The van der Waals surface area contributed by atoms with E-state index in [1.54, 1.807) is 6.07 Å². The lowest BCUT2D eigenvalue weighted by atomic mass is 9.90. The van der Waals surface area contributed by atoms with Gasteiger partial charge >= 0.3 is 0 Å². The van der Waals surface area contributed by atoms with Crippen molar-refractivity contribution in [2.24, 2.45) is 11.8 Å². The fourth-order valence-corrected chi connectivity index (χ4v) is 3.71. The SMILES string of the molecule is CC1CCCC1C(Cl)c1ccc(Cl)cc1Cl. The molecule has 0 bridgehead atoms. The summed E-state index contributed by atoms with van der Waals surface area (Å²) in [6.45, 7) is 2.27. The van der Waals surface area contributed by atoms with Gasteiger partial charge in [-0.3, -0.25) is 0 Å². The van der Waals surface area contributed by atoms with Gasteiger partial charge in [-0.25, -0.2) is 0 Å². The average Bonchev–Trinajstić information content (AvgIpc) is 2.63. The molecule has 16 heavy (non-hydrogen) atoms. The van der Waals surface area contributed by atoms with Crippen molar-refractivity contribution in [2.45, 2.75) is 31.6 Å². The van der Waals surface area contributed by atoms with Crippen LogP contribution in [0.2, 0.25) is 10.0 Å². The van der Waals surface area contributed by atoms with Gasteiger partial charge < -0.3 is 0 Å². The molecule has 1 aliphatic rings. The van der Waals surface area contributed by atoms with Crippen LogP contribution in [-0.4, -0.2) is 0 Å². The summed E-state index contributed by atoms with van der Waals surface area (Å²) in [6, 6.07) is 5.58. The molecule has 3 unspecified atom stereocenters. The highest BCUT2D eigenvalue weighted by Crippen LogP contribution is 2.45. The van der Waals surface area contributed by atoms with Gasteiger partial charge in [-0.1, -0.05) is 49.0 Å². The summed E-state index contributed by atoms with van der Waals surface area (Å²) in [7, 11) is 0. The lowest BCUT2D eigenvalue weighted by Crippen LogP contribution is -2.11. The van der Waals surface area contributed by atoms with Crippen LogP contribution in [0.25, 0.3) is 0 Å². The summed E-state index contributed by atoms with van der Waals surface area (Å²) < 4.78 is 0. The van der Waals surface area contributed by atoms with E-state index in [1.165, 1.54) is 19.3 Å². The number of rotatable bonds is 2. The van der Waals surface area contributed by atoms with Crippen LogP contribution < -0.4 is 0 Å². The van der Waals surface area contributed by atoms with Gasteiger partial charge in [0.25, 0.3) is 0 Å². The van der Waals surface area contributed by atoms with Crippen LogP contribution in [0.15, 0.2) is 18.2 Å². The second kappa shape index (κ2) is 5.16. The fourth-order valence-electron chi connectivity index (χ4n) is 2.56. The van der Waals surface area contributed by atoms with Crippen molar-refractivity contribution < 1.29 is 0 Å². The van der Waals surface area contributed by atoms with E-state index in [-0.39, 0.29) is 5.38 Å². The summed E-state index contributed by atoms with van der Waals surface area (Å²) >= 11 is 18.6. The Hall–Kier alpha value is 0.0900. The number of hydrogen-bond acceptors (Lipinski definition) is 0. The van der Waals surface area contributed by atoms with Crippen LogP contribution in [0, 0.1) is 11.8 Å². The van der Waals surface area contributed by atoms with Gasteiger partial charge in [0.05, 0.1) is 5.38 Å². The first-order valence-corrected chi connectivity index (χ1v) is 6.88. The average molecular weight is 278 g/mol. The minimum atomic E-state index is 0.0160. The van der Waals surface area contributed by atoms with E-state index >= 15 is 0 Å². The zero-order valence-corrected chi connectivity index (χ0v) is 11.5. The molecule has 1 aromatic rings. The number of halogens is 3. The first-order valence-electron chi connectivity index (χ1n) is 5.68. The quantitative estimate of drug-likeness (QED) is 0.607. The van der Waals surface area contributed by atoms with Gasteiger partial charge in [-0.15, -0.1) is 11.6 Å². The zero-order chi connectivity index (χ0) is 11.7. The van der Waals surface area contributed by atoms with E-state index in [1.807, 2.05) is 12.1 Å². The molecule has 0 N–H and O–H groups in total.